The number of hydrogen-bond acceptors (Lipinski definition) is 4. The van der Waals surface area contributed by atoms with Crippen molar-refractivity contribution in [3.8, 4) is 0 Å². The molecule has 0 radical (unpaired) electrons. The summed E-state index contributed by atoms with van der Waals surface area (Å²) in [5.74, 6) is 0.317. The van der Waals surface area contributed by atoms with Crippen molar-refractivity contribution in [2.24, 2.45) is 0 Å². The van der Waals surface area contributed by atoms with Gasteiger partial charge in [0.1, 0.15) is 0 Å². The Kier molecular flexibility index (Phi) is 5.36. The number of aromatic nitrogens is 2. The van der Waals surface area contributed by atoms with Crippen molar-refractivity contribution >= 4 is 11.9 Å². The highest BCUT2D eigenvalue weighted by molar-refractivity contribution is 5.93. The van der Waals surface area contributed by atoms with Gasteiger partial charge in [-0.05, 0) is 23.6 Å². The fraction of sp³-hybridized carbons (Fsp3) is 0.150. The van der Waals surface area contributed by atoms with Gasteiger partial charge in [0.15, 0.2) is 0 Å². The van der Waals surface area contributed by atoms with E-state index in [1.54, 1.807) is 0 Å². The molecule has 0 aliphatic rings. The van der Waals surface area contributed by atoms with Crippen LogP contribution in [-0.2, 0) is 13.1 Å². The Labute approximate surface area is 147 Å². The molecular weight excluding hydrogens is 312 g/mol. The molecule has 1 heterocycles. The maximum Gasteiger partial charge on any atom is 0.254 e. The lowest BCUT2D eigenvalue weighted by Gasteiger charge is -2.08. The van der Waals surface area contributed by atoms with E-state index in [-0.39, 0.29) is 5.91 Å². The molecule has 126 valence electrons. The van der Waals surface area contributed by atoms with Crippen LogP contribution in [0.3, 0.4) is 0 Å². The Morgan fingerprint density at radius 3 is 2.32 bits per heavy atom. The number of nitrogens with one attached hydrogen (secondary N) is 2. The summed E-state index contributed by atoms with van der Waals surface area (Å²) in [5.41, 5.74) is 3.84. The van der Waals surface area contributed by atoms with Crippen molar-refractivity contribution in [3.05, 3.63) is 89.2 Å². The van der Waals surface area contributed by atoms with Crippen LogP contribution in [0.4, 0.5) is 5.95 Å². The lowest BCUT2D eigenvalue weighted by atomic mass is 10.1. The van der Waals surface area contributed by atoms with Gasteiger partial charge < -0.3 is 10.6 Å². The monoisotopic (exact) mass is 332 g/mol. The summed E-state index contributed by atoms with van der Waals surface area (Å²) in [6.07, 6.45) is 3.07. The van der Waals surface area contributed by atoms with E-state index in [1.807, 2.05) is 61.5 Å². The Hall–Kier alpha value is -3.21. The third-order valence-electron chi connectivity index (χ3n) is 3.91. The lowest BCUT2D eigenvalue weighted by Crippen LogP contribution is -2.23. The minimum Gasteiger partial charge on any atom is -0.350 e. The van der Waals surface area contributed by atoms with Gasteiger partial charge in [0.05, 0.1) is 5.56 Å². The first-order valence-electron chi connectivity index (χ1n) is 8.15. The Morgan fingerprint density at radius 2 is 1.60 bits per heavy atom. The lowest BCUT2D eigenvalue weighted by molar-refractivity contribution is 0.0950. The molecule has 1 aromatic heterocycles. The number of benzene rings is 2. The number of amides is 1. The molecule has 3 rings (SSSR count). The predicted octanol–water partition coefficient (Wildman–Crippen LogP) is 3.33. The Balaban J connectivity index is 1.54. The van der Waals surface area contributed by atoms with Gasteiger partial charge in [-0.15, -0.1) is 0 Å². The third-order valence-corrected chi connectivity index (χ3v) is 3.91. The molecule has 0 bridgehead atoms. The van der Waals surface area contributed by atoms with Gasteiger partial charge in [-0.3, -0.25) is 4.79 Å². The zero-order valence-electron chi connectivity index (χ0n) is 14.1. The van der Waals surface area contributed by atoms with E-state index in [0.29, 0.717) is 24.6 Å². The van der Waals surface area contributed by atoms with Gasteiger partial charge in [-0.2, -0.15) is 0 Å². The van der Waals surface area contributed by atoms with Gasteiger partial charge in [0, 0.05) is 25.5 Å². The second-order valence-electron chi connectivity index (χ2n) is 5.74. The van der Waals surface area contributed by atoms with Crippen LogP contribution in [0.2, 0.25) is 0 Å². The highest BCUT2D eigenvalue weighted by Gasteiger charge is 2.07. The van der Waals surface area contributed by atoms with Crippen molar-refractivity contribution in [2.45, 2.75) is 20.0 Å². The van der Waals surface area contributed by atoms with Gasteiger partial charge in [0.25, 0.3) is 5.91 Å². The minimum atomic E-state index is -0.183. The molecule has 0 atom stereocenters. The highest BCUT2D eigenvalue weighted by Crippen LogP contribution is 2.08. The summed E-state index contributed by atoms with van der Waals surface area (Å²) < 4.78 is 0. The summed E-state index contributed by atoms with van der Waals surface area (Å²) in [7, 11) is 0. The number of carbonyl (C=O) groups excluding carboxylic acids is 1. The number of hydrogen-bond donors (Lipinski definition) is 2. The normalized spacial score (nSPS) is 10.3. The highest BCUT2D eigenvalue weighted by atomic mass is 16.1. The maximum absolute atomic E-state index is 12.2. The standard InChI is InChI=1S/C20H20N4O/c1-15-7-5-6-10-17(15)12-21-19(25)18-13-23-20(24-14-18)22-11-16-8-3-2-4-9-16/h2-10,13-14H,11-12H2,1H3,(H,21,25)(H,22,23,24). The molecule has 2 N–H and O–H groups in total. The van der Waals surface area contributed by atoms with E-state index in [1.165, 1.54) is 12.4 Å². The number of aryl methyl sites for hydroxylation is 1. The summed E-state index contributed by atoms with van der Waals surface area (Å²) >= 11 is 0. The van der Waals surface area contributed by atoms with Crippen LogP contribution in [0.5, 0.6) is 0 Å². The fourth-order valence-corrected chi connectivity index (χ4v) is 2.40. The second-order valence-corrected chi connectivity index (χ2v) is 5.74. The SMILES string of the molecule is Cc1ccccc1CNC(=O)c1cnc(NCc2ccccc2)nc1. The first-order valence-corrected chi connectivity index (χ1v) is 8.15. The average Bonchev–Trinajstić information content (AvgIpc) is 2.67. The van der Waals surface area contributed by atoms with Gasteiger partial charge in [-0.25, -0.2) is 9.97 Å². The van der Waals surface area contributed by atoms with Gasteiger partial charge >= 0.3 is 0 Å². The number of carbonyl (C=O) groups is 1. The molecular formula is C20H20N4O. The Bertz CT molecular complexity index is 832. The molecule has 5 heteroatoms. The summed E-state index contributed by atoms with van der Waals surface area (Å²) in [6.45, 7) is 3.15. The van der Waals surface area contributed by atoms with Crippen LogP contribution < -0.4 is 10.6 Å². The molecule has 3 aromatic rings. The minimum absolute atomic E-state index is 0.183. The molecule has 0 unspecified atom stereocenters. The smallest absolute Gasteiger partial charge is 0.254 e. The van der Waals surface area contributed by atoms with E-state index < -0.39 is 0 Å². The number of anilines is 1. The summed E-state index contributed by atoms with van der Waals surface area (Å²) in [6, 6.07) is 18.0. The van der Waals surface area contributed by atoms with Crippen molar-refractivity contribution in [2.75, 3.05) is 5.32 Å². The molecule has 0 fully saturated rings. The van der Waals surface area contributed by atoms with Crippen molar-refractivity contribution in [1.82, 2.24) is 15.3 Å². The quantitative estimate of drug-likeness (QED) is 0.726. The van der Waals surface area contributed by atoms with Crippen LogP contribution in [0, 0.1) is 6.92 Å². The van der Waals surface area contributed by atoms with Gasteiger partial charge in [-0.1, -0.05) is 54.6 Å². The number of rotatable bonds is 6. The van der Waals surface area contributed by atoms with Crippen molar-refractivity contribution in [1.29, 1.82) is 0 Å². The summed E-state index contributed by atoms with van der Waals surface area (Å²) in [4.78, 5) is 20.6. The van der Waals surface area contributed by atoms with Crippen LogP contribution in [0.1, 0.15) is 27.0 Å². The molecule has 0 spiro atoms. The van der Waals surface area contributed by atoms with Crippen molar-refractivity contribution < 1.29 is 4.79 Å². The predicted molar refractivity (Wildman–Crippen MR) is 98.1 cm³/mol. The molecule has 0 aliphatic heterocycles. The van der Waals surface area contributed by atoms with E-state index in [0.717, 1.165) is 16.7 Å². The van der Waals surface area contributed by atoms with Crippen molar-refractivity contribution in [3.63, 3.8) is 0 Å². The first-order chi connectivity index (χ1) is 12.2. The molecule has 2 aromatic carbocycles. The molecule has 25 heavy (non-hydrogen) atoms. The molecule has 5 nitrogen and oxygen atoms in total. The molecule has 0 aliphatic carbocycles. The Morgan fingerprint density at radius 1 is 0.920 bits per heavy atom. The van der Waals surface area contributed by atoms with E-state index in [4.69, 9.17) is 0 Å². The topological polar surface area (TPSA) is 66.9 Å². The average molecular weight is 332 g/mol. The van der Waals surface area contributed by atoms with Crippen LogP contribution in [0.15, 0.2) is 67.0 Å². The largest absolute Gasteiger partial charge is 0.350 e. The maximum atomic E-state index is 12.2. The van der Waals surface area contributed by atoms with E-state index >= 15 is 0 Å². The van der Waals surface area contributed by atoms with E-state index in [2.05, 4.69) is 20.6 Å². The third kappa shape index (κ3) is 4.64. The molecule has 0 saturated heterocycles. The zero-order chi connectivity index (χ0) is 17.5. The van der Waals surface area contributed by atoms with Gasteiger partial charge in [0.2, 0.25) is 5.95 Å². The second kappa shape index (κ2) is 8.06. The number of nitrogens with zero attached hydrogens (tertiary/aromatic N) is 2. The van der Waals surface area contributed by atoms with Crippen LogP contribution in [0.25, 0.3) is 0 Å². The molecule has 1 amide bonds. The fourth-order valence-electron chi connectivity index (χ4n) is 2.40. The first kappa shape index (κ1) is 16.6. The van der Waals surface area contributed by atoms with Crippen LogP contribution >= 0.6 is 0 Å². The summed E-state index contributed by atoms with van der Waals surface area (Å²) in [5, 5.41) is 6.03. The van der Waals surface area contributed by atoms with Crippen LogP contribution in [-0.4, -0.2) is 15.9 Å². The zero-order valence-corrected chi connectivity index (χ0v) is 14.1. The molecule has 0 saturated carbocycles. The van der Waals surface area contributed by atoms with E-state index in [9.17, 15) is 4.79 Å².